The highest BCUT2D eigenvalue weighted by Crippen LogP contribution is 2.40. The Balaban J connectivity index is 1.48. The number of ketones is 1. The molecule has 6 nitrogen and oxygen atoms in total. The van der Waals surface area contributed by atoms with E-state index in [0.29, 0.717) is 17.9 Å². The molecule has 0 spiro atoms. The minimum atomic E-state index is -0.721. The SMILES string of the molecule is CCc1ccc(C2C(=C(O)c3ccc(OCc4ccccc4C)cc3)C(=O)C(=O)N2Cc2ccncc2)cc1. The molecule has 1 saturated heterocycles. The Labute approximate surface area is 228 Å². The first-order valence-corrected chi connectivity index (χ1v) is 13.0. The first-order chi connectivity index (χ1) is 19.0. The van der Waals surface area contributed by atoms with Gasteiger partial charge < -0.3 is 14.7 Å². The summed E-state index contributed by atoms with van der Waals surface area (Å²) in [6.45, 7) is 4.75. The van der Waals surface area contributed by atoms with E-state index in [0.717, 1.165) is 34.2 Å². The number of Topliss-reactive ketones (excluding diaryl/α,β-unsaturated/α-hetero) is 1. The quantitative estimate of drug-likeness (QED) is 0.172. The molecule has 0 bridgehead atoms. The predicted octanol–water partition coefficient (Wildman–Crippen LogP) is 6.15. The third-order valence-corrected chi connectivity index (χ3v) is 7.13. The lowest BCUT2D eigenvalue weighted by Crippen LogP contribution is -2.29. The van der Waals surface area contributed by atoms with Crippen LogP contribution in [0.3, 0.4) is 0 Å². The van der Waals surface area contributed by atoms with Crippen molar-refractivity contribution in [3.63, 3.8) is 0 Å². The van der Waals surface area contributed by atoms with Gasteiger partial charge in [0.1, 0.15) is 18.1 Å². The summed E-state index contributed by atoms with van der Waals surface area (Å²) in [5.74, 6) is -0.914. The van der Waals surface area contributed by atoms with Gasteiger partial charge in [0, 0.05) is 24.5 Å². The minimum Gasteiger partial charge on any atom is -0.507 e. The number of nitrogens with zero attached hydrogens (tertiary/aromatic N) is 2. The van der Waals surface area contributed by atoms with Gasteiger partial charge in [-0.05, 0) is 77.6 Å². The molecule has 0 radical (unpaired) electrons. The van der Waals surface area contributed by atoms with Crippen LogP contribution < -0.4 is 4.74 Å². The first-order valence-electron chi connectivity index (χ1n) is 13.0. The summed E-state index contributed by atoms with van der Waals surface area (Å²) < 4.78 is 5.93. The van der Waals surface area contributed by atoms with Crippen LogP contribution in [0.15, 0.2) is 103 Å². The predicted molar refractivity (Wildman–Crippen MR) is 150 cm³/mol. The second kappa shape index (κ2) is 11.4. The molecule has 1 atom stereocenters. The molecular weight excluding hydrogens is 488 g/mol. The highest BCUT2D eigenvalue weighted by atomic mass is 16.5. The van der Waals surface area contributed by atoms with Gasteiger partial charge >= 0.3 is 0 Å². The number of aromatic nitrogens is 1. The van der Waals surface area contributed by atoms with Crippen molar-refractivity contribution in [3.8, 4) is 5.75 Å². The van der Waals surface area contributed by atoms with Gasteiger partial charge in [-0.2, -0.15) is 0 Å². The number of ether oxygens (including phenoxy) is 1. The summed E-state index contributed by atoms with van der Waals surface area (Å²) in [5.41, 5.74) is 5.51. The molecule has 5 rings (SSSR count). The number of amides is 1. The van der Waals surface area contributed by atoms with Crippen LogP contribution in [-0.4, -0.2) is 26.7 Å². The van der Waals surface area contributed by atoms with Crippen molar-refractivity contribution >= 4 is 17.4 Å². The number of benzene rings is 3. The van der Waals surface area contributed by atoms with E-state index in [1.54, 1.807) is 36.7 Å². The van der Waals surface area contributed by atoms with Gasteiger partial charge in [-0.15, -0.1) is 0 Å². The van der Waals surface area contributed by atoms with Crippen LogP contribution in [0, 0.1) is 6.92 Å². The number of hydrogen-bond acceptors (Lipinski definition) is 5. The Bertz CT molecular complexity index is 1510. The van der Waals surface area contributed by atoms with Crippen molar-refractivity contribution in [1.82, 2.24) is 9.88 Å². The molecule has 1 aliphatic rings. The molecule has 0 saturated carbocycles. The number of pyridine rings is 1. The van der Waals surface area contributed by atoms with Crippen LogP contribution in [0.1, 0.15) is 46.3 Å². The van der Waals surface area contributed by atoms with Crippen LogP contribution in [0.5, 0.6) is 5.75 Å². The normalized spacial score (nSPS) is 16.5. The Kier molecular flexibility index (Phi) is 7.55. The second-order valence-electron chi connectivity index (χ2n) is 9.62. The molecule has 0 aliphatic carbocycles. The standard InChI is InChI=1S/C33H30N2O4/c1-3-23-8-10-25(11-9-23)30-29(32(37)33(38)35(30)20-24-16-18-34-19-17-24)31(36)26-12-14-28(15-13-26)39-21-27-7-5-4-6-22(27)2/h4-19,30,36H,3,20-21H2,1-2H3. The topological polar surface area (TPSA) is 79.7 Å². The zero-order valence-corrected chi connectivity index (χ0v) is 22.0. The van der Waals surface area contributed by atoms with E-state index >= 15 is 0 Å². The average Bonchev–Trinajstić information content (AvgIpc) is 3.22. The third-order valence-electron chi connectivity index (χ3n) is 7.13. The molecule has 6 heteroatoms. The number of hydrogen-bond donors (Lipinski definition) is 1. The molecule has 39 heavy (non-hydrogen) atoms. The highest BCUT2D eigenvalue weighted by Gasteiger charge is 2.46. The van der Waals surface area contributed by atoms with Gasteiger partial charge in [0.15, 0.2) is 0 Å². The Morgan fingerprint density at radius 2 is 1.59 bits per heavy atom. The summed E-state index contributed by atoms with van der Waals surface area (Å²) in [6.07, 6.45) is 4.18. The Morgan fingerprint density at radius 3 is 2.26 bits per heavy atom. The molecule has 1 amide bonds. The number of aliphatic hydroxyl groups is 1. The summed E-state index contributed by atoms with van der Waals surface area (Å²) in [6, 6.07) is 25.7. The lowest BCUT2D eigenvalue weighted by Gasteiger charge is -2.25. The zero-order valence-electron chi connectivity index (χ0n) is 22.0. The van der Waals surface area contributed by atoms with Crippen molar-refractivity contribution in [2.75, 3.05) is 0 Å². The number of carbonyl (C=O) groups is 2. The van der Waals surface area contributed by atoms with E-state index in [2.05, 4.69) is 11.9 Å². The molecule has 1 fully saturated rings. The van der Waals surface area contributed by atoms with Crippen molar-refractivity contribution in [3.05, 3.63) is 136 Å². The Morgan fingerprint density at radius 1 is 0.897 bits per heavy atom. The molecule has 1 unspecified atom stereocenters. The highest BCUT2D eigenvalue weighted by molar-refractivity contribution is 6.46. The van der Waals surface area contributed by atoms with Crippen LogP contribution in [0.25, 0.3) is 5.76 Å². The van der Waals surface area contributed by atoms with Gasteiger partial charge in [-0.25, -0.2) is 0 Å². The molecule has 3 aromatic carbocycles. The number of carbonyl (C=O) groups excluding carboxylic acids is 2. The van der Waals surface area contributed by atoms with E-state index < -0.39 is 17.7 Å². The Hall–Kier alpha value is -4.71. The molecule has 1 aromatic heterocycles. The molecule has 4 aromatic rings. The summed E-state index contributed by atoms with van der Waals surface area (Å²) in [4.78, 5) is 32.2. The van der Waals surface area contributed by atoms with Gasteiger partial charge in [-0.3, -0.25) is 14.6 Å². The number of aryl methyl sites for hydroxylation is 2. The molecular formula is C33H30N2O4. The van der Waals surface area contributed by atoms with E-state index in [1.807, 2.05) is 67.6 Å². The van der Waals surface area contributed by atoms with Gasteiger partial charge in [0.05, 0.1) is 11.6 Å². The van der Waals surface area contributed by atoms with Crippen molar-refractivity contribution < 1.29 is 19.4 Å². The van der Waals surface area contributed by atoms with Crippen LogP contribution in [0.4, 0.5) is 0 Å². The van der Waals surface area contributed by atoms with E-state index in [9.17, 15) is 14.7 Å². The fourth-order valence-electron chi connectivity index (χ4n) is 4.81. The van der Waals surface area contributed by atoms with Gasteiger partial charge in [0.2, 0.25) is 0 Å². The number of rotatable bonds is 8. The maximum absolute atomic E-state index is 13.3. The monoisotopic (exact) mass is 518 g/mol. The maximum Gasteiger partial charge on any atom is 0.295 e. The van der Waals surface area contributed by atoms with Crippen LogP contribution in [-0.2, 0) is 29.2 Å². The largest absolute Gasteiger partial charge is 0.507 e. The molecule has 196 valence electrons. The molecule has 2 heterocycles. The third kappa shape index (κ3) is 5.46. The minimum absolute atomic E-state index is 0.0758. The van der Waals surface area contributed by atoms with Crippen molar-refractivity contribution in [2.45, 2.75) is 39.5 Å². The maximum atomic E-state index is 13.3. The van der Waals surface area contributed by atoms with Crippen molar-refractivity contribution in [1.29, 1.82) is 0 Å². The smallest absolute Gasteiger partial charge is 0.295 e. The number of aliphatic hydroxyl groups excluding tert-OH is 1. The van der Waals surface area contributed by atoms with Gasteiger partial charge in [0.25, 0.3) is 11.7 Å². The fraction of sp³-hybridized carbons (Fsp3) is 0.182. The zero-order chi connectivity index (χ0) is 27.4. The molecule has 1 N–H and O–H groups in total. The van der Waals surface area contributed by atoms with Gasteiger partial charge in [-0.1, -0.05) is 55.5 Å². The second-order valence-corrected chi connectivity index (χ2v) is 9.62. The van der Waals surface area contributed by atoms with Crippen LogP contribution in [0.2, 0.25) is 0 Å². The van der Waals surface area contributed by atoms with Crippen molar-refractivity contribution in [2.24, 2.45) is 0 Å². The number of likely N-dealkylation sites (tertiary alicyclic amines) is 1. The van der Waals surface area contributed by atoms with E-state index in [4.69, 9.17) is 4.74 Å². The fourth-order valence-corrected chi connectivity index (χ4v) is 4.81. The lowest BCUT2D eigenvalue weighted by molar-refractivity contribution is -0.140. The summed E-state index contributed by atoms with van der Waals surface area (Å²) >= 11 is 0. The summed E-state index contributed by atoms with van der Waals surface area (Å²) in [7, 11) is 0. The van der Waals surface area contributed by atoms with Crippen LogP contribution >= 0.6 is 0 Å². The average molecular weight is 519 g/mol. The van der Waals surface area contributed by atoms with E-state index in [1.165, 1.54) is 4.90 Å². The first kappa shape index (κ1) is 25.9. The lowest BCUT2D eigenvalue weighted by atomic mass is 9.94. The van der Waals surface area contributed by atoms with E-state index in [-0.39, 0.29) is 17.9 Å². The summed E-state index contributed by atoms with van der Waals surface area (Å²) in [5, 5.41) is 11.4. The molecule has 1 aliphatic heterocycles.